The zero-order valence-corrected chi connectivity index (χ0v) is 10.5. The minimum absolute atomic E-state index is 0.122. The van der Waals surface area contributed by atoms with Gasteiger partial charge in [-0.3, -0.25) is 4.79 Å². The van der Waals surface area contributed by atoms with E-state index in [2.05, 4.69) is 10.1 Å². The Morgan fingerprint density at radius 3 is 3.00 bits per heavy atom. The largest absolute Gasteiger partial charge is 0.339 e. The maximum atomic E-state index is 12.0. The highest BCUT2D eigenvalue weighted by molar-refractivity contribution is 5.27. The summed E-state index contributed by atoms with van der Waals surface area (Å²) in [7, 11) is 0. The lowest BCUT2D eigenvalue weighted by Crippen LogP contribution is -2.25. The molecule has 96 valence electrons. The highest BCUT2D eigenvalue weighted by Crippen LogP contribution is 2.38. The molecule has 0 unspecified atom stereocenters. The predicted octanol–water partition coefficient (Wildman–Crippen LogP) is 1.34. The molecule has 1 saturated carbocycles. The number of hydrogen-bond acceptors (Lipinski definition) is 5. The van der Waals surface area contributed by atoms with Crippen molar-refractivity contribution in [2.45, 2.75) is 32.2 Å². The molecule has 0 aromatic carbocycles. The number of nitriles is 1. The Bertz CT molecular complexity index is 719. The maximum Gasteiger partial charge on any atom is 0.269 e. The van der Waals surface area contributed by atoms with Crippen molar-refractivity contribution in [2.75, 3.05) is 0 Å². The van der Waals surface area contributed by atoms with E-state index < -0.39 is 0 Å². The molecule has 6 heteroatoms. The van der Waals surface area contributed by atoms with Crippen molar-refractivity contribution in [1.82, 2.24) is 14.7 Å². The molecular weight excluding hydrogens is 244 g/mol. The zero-order valence-electron chi connectivity index (χ0n) is 10.5. The Labute approximate surface area is 109 Å². The first-order chi connectivity index (χ1) is 9.19. The number of hydrogen-bond donors (Lipinski definition) is 0. The van der Waals surface area contributed by atoms with E-state index in [0.29, 0.717) is 17.6 Å². The molecule has 0 aliphatic heterocycles. The molecule has 1 aliphatic carbocycles. The molecule has 0 radical (unpaired) electrons. The van der Waals surface area contributed by atoms with E-state index in [1.54, 1.807) is 6.07 Å². The van der Waals surface area contributed by atoms with Gasteiger partial charge in [0, 0.05) is 11.6 Å². The van der Waals surface area contributed by atoms with Gasteiger partial charge in [-0.25, -0.2) is 0 Å². The van der Waals surface area contributed by atoms with Crippen LogP contribution in [0.1, 0.15) is 41.7 Å². The average molecular weight is 256 g/mol. The van der Waals surface area contributed by atoms with Crippen LogP contribution in [-0.4, -0.2) is 14.7 Å². The monoisotopic (exact) mass is 256 g/mol. The van der Waals surface area contributed by atoms with Gasteiger partial charge in [0.1, 0.15) is 11.6 Å². The quantitative estimate of drug-likeness (QED) is 0.827. The molecule has 0 atom stereocenters. The summed E-state index contributed by atoms with van der Waals surface area (Å²) in [4.78, 5) is 16.3. The minimum Gasteiger partial charge on any atom is -0.339 e. The van der Waals surface area contributed by atoms with Crippen LogP contribution in [0.2, 0.25) is 0 Å². The van der Waals surface area contributed by atoms with E-state index in [4.69, 9.17) is 9.78 Å². The highest BCUT2D eigenvalue weighted by Gasteiger charge is 2.29. The van der Waals surface area contributed by atoms with Gasteiger partial charge in [0.25, 0.3) is 5.56 Å². The van der Waals surface area contributed by atoms with Gasteiger partial charge >= 0.3 is 0 Å². The van der Waals surface area contributed by atoms with Crippen LogP contribution in [-0.2, 0) is 6.54 Å². The van der Waals surface area contributed by atoms with Crippen LogP contribution in [0.15, 0.2) is 21.5 Å². The van der Waals surface area contributed by atoms with Crippen LogP contribution in [0.25, 0.3) is 0 Å². The third-order valence-corrected chi connectivity index (χ3v) is 3.22. The van der Waals surface area contributed by atoms with Crippen LogP contribution in [0.5, 0.6) is 0 Å². The highest BCUT2D eigenvalue weighted by atomic mass is 16.5. The van der Waals surface area contributed by atoms with Crippen molar-refractivity contribution in [1.29, 1.82) is 5.26 Å². The zero-order chi connectivity index (χ0) is 13.4. The van der Waals surface area contributed by atoms with Crippen LogP contribution in [0, 0.1) is 18.3 Å². The smallest absolute Gasteiger partial charge is 0.269 e. The fourth-order valence-electron chi connectivity index (χ4n) is 1.92. The second kappa shape index (κ2) is 4.35. The van der Waals surface area contributed by atoms with Crippen molar-refractivity contribution < 1.29 is 4.52 Å². The Morgan fingerprint density at radius 2 is 2.32 bits per heavy atom. The third-order valence-electron chi connectivity index (χ3n) is 3.22. The Balaban J connectivity index is 1.93. The molecule has 0 saturated heterocycles. The average Bonchev–Trinajstić information content (AvgIpc) is 3.15. The summed E-state index contributed by atoms with van der Waals surface area (Å²) < 4.78 is 6.64. The van der Waals surface area contributed by atoms with E-state index >= 15 is 0 Å². The van der Waals surface area contributed by atoms with E-state index in [0.717, 1.165) is 18.5 Å². The lowest BCUT2D eigenvalue weighted by atomic mass is 10.2. The van der Waals surface area contributed by atoms with Crippen molar-refractivity contribution >= 4 is 0 Å². The lowest BCUT2D eigenvalue weighted by molar-refractivity contribution is 0.372. The molecule has 2 aromatic heterocycles. The molecular formula is C13H12N4O2. The van der Waals surface area contributed by atoms with Gasteiger partial charge in [0.05, 0.1) is 6.54 Å². The predicted molar refractivity (Wildman–Crippen MR) is 65.5 cm³/mol. The van der Waals surface area contributed by atoms with Gasteiger partial charge in [-0.1, -0.05) is 5.16 Å². The molecule has 2 heterocycles. The Hall–Kier alpha value is -2.42. The molecule has 0 spiro atoms. The fourth-order valence-corrected chi connectivity index (χ4v) is 1.92. The van der Waals surface area contributed by atoms with Crippen molar-refractivity contribution in [2.24, 2.45) is 0 Å². The molecule has 2 aromatic rings. The van der Waals surface area contributed by atoms with Gasteiger partial charge in [0.15, 0.2) is 5.82 Å². The molecule has 0 amide bonds. The van der Waals surface area contributed by atoms with E-state index in [9.17, 15) is 4.79 Å². The second-order valence-electron chi connectivity index (χ2n) is 4.71. The number of rotatable bonds is 3. The summed E-state index contributed by atoms with van der Waals surface area (Å²) in [6.45, 7) is 2.04. The third kappa shape index (κ3) is 2.15. The number of aryl methyl sites for hydroxylation is 1. The van der Waals surface area contributed by atoms with Gasteiger partial charge in [0.2, 0.25) is 5.89 Å². The first-order valence-electron chi connectivity index (χ1n) is 6.12. The topological polar surface area (TPSA) is 84.7 Å². The minimum atomic E-state index is -0.319. The van der Waals surface area contributed by atoms with E-state index in [1.807, 2.05) is 13.0 Å². The van der Waals surface area contributed by atoms with Crippen molar-refractivity contribution in [3.8, 4) is 6.07 Å². The van der Waals surface area contributed by atoms with Crippen LogP contribution < -0.4 is 5.56 Å². The van der Waals surface area contributed by atoms with Crippen LogP contribution in [0.4, 0.5) is 0 Å². The summed E-state index contributed by atoms with van der Waals surface area (Å²) in [5, 5.41) is 12.8. The lowest BCUT2D eigenvalue weighted by Gasteiger charge is -2.06. The Morgan fingerprint density at radius 1 is 1.53 bits per heavy atom. The molecule has 6 nitrogen and oxygen atoms in total. The molecule has 3 rings (SSSR count). The van der Waals surface area contributed by atoms with Crippen molar-refractivity contribution in [3.05, 3.63) is 45.5 Å². The second-order valence-corrected chi connectivity index (χ2v) is 4.71. The summed E-state index contributed by atoms with van der Waals surface area (Å²) >= 11 is 0. The number of nitrogens with zero attached hydrogens (tertiary/aromatic N) is 4. The summed E-state index contributed by atoms with van der Waals surface area (Å²) in [6, 6.07) is 5.15. The first-order valence-corrected chi connectivity index (χ1v) is 6.12. The fraction of sp³-hybridized carbons (Fsp3) is 0.385. The maximum absolute atomic E-state index is 12.0. The van der Waals surface area contributed by atoms with Gasteiger partial charge in [-0.2, -0.15) is 10.2 Å². The van der Waals surface area contributed by atoms with Crippen molar-refractivity contribution in [3.63, 3.8) is 0 Å². The number of pyridine rings is 1. The van der Waals surface area contributed by atoms with Gasteiger partial charge in [-0.05, 0) is 31.9 Å². The summed E-state index contributed by atoms with van der Waals surface area (Å²) in [5.74, 6) is 1.52. The standard InChI is InChI=1S/C13H12N4O2/c1-8-2-3-10(6-14)13(18)17(8)7-11-15-12(19-16-11)9-4-5-9/h2-3,9H,4-5,7H2,1H3. The first kappa shape index (κ1) is 11.7. The molecule has 0 bridgehead atoms. The molecule has 1 fully saturated rings. The van der Waals surface area contributed by atoms with Crippen LogP contribution >= 0.6 is 0 Å². The summed E-state index contributed by atoms with van der Waals surface area (Å²) in [5.41, 5.74) is 0.568. The number of aromatic nitrogens is 3. The molecule has 1 aliphatic rings. The normalized spacial score (nSPS) is 14.3. The van der Waals surface area contributed by atoms with E-state index in [1.165, 1.54) is 10.6 Å². The summed E-state index contributed by atoms with van der Waals surface area (Å²) in [6.07, 6.45) is 2.18. The molecule has 19 heavy (non-hydrogen) atoms. The van der Waals surface area contributed by atoms with Crippen LogP contribution in [0.3, 0.4) is 0 Å². The van der Waals surface area contributed by atoms with Gasteiger partial charge < -0.3 is 9.09 Å². The van der Waals surface area contributed by atoms with Gasteiger partial charge in [-0.15, -0.1) is 0 Å². The Kier molecular flexibility index (Phi) is 2.67. The SMILES string of the molecule is Cc1ccc(C#N)c(=O)n1Cc1noc(C2CC2)n1. The molecule has 0 N–H and O–H groups in total. The van der Waals surface area contributed by atoms with E-state index in [-0.39, 0.29) is 17.7 Å².